The topological polar surface area (TPSA) is 92.8 Å². The Labute approximate surface area is 196 Å². The molecule has 4 rings (SSSR count). The van der Waals surface area contributed by atoms with Crippen LogP contribution in [-0.4, -0.2) is 44.3 Å². The fraction of sp³-hybridized carbons (Fsp3) is 0.545. The number of carbonyl (C=O) groups is 2. The van der Waals surface area contributed by atoms with E-state index in [0.29, 0.717) is 46.6 Å². The lowest BCUT2D eigenvalue weighted by Gasteiger charge is -2.30. The van der Waals surface area contributed by atoms with Crippen LogP contribution in [-0.2, 0) is 32.4 Å². The van der Waals surface area contributed by atoms with Gasteiger partial charge in [0, 0.05) is 23.9 Å². The first-order chi connectivity index (χ1) is 15.3. The first kappa shape index (κ1) is 23.4. The van der Waals surface area contributed by atoms with Crippen molar-refractivity contribution in [1.82, 2.24) is 4.31 Å². The number of esters is 1. The lowest BCUT2D eigenvalue weighted by atomic mass is 9.88. The van der Waals surface area contributed by atoms with Crippen LogP contribution in [0.1, 0.15) is 53.9 Å². The number of amides is 1. The molecule has 0 aromatic carbocycles. The monoisotopic (exact) mass is 496 g/mol. The molecule has 1 aliphatic carbocycles. The second-order valence-corrected chi connectivity index (χ2v) is 12.6. The predicted octanol–water partition coefficient (Wildman–Crippen LogP) is 4.15. The van der Waals surface area contributed by atoms with Crippen molar-refractivity contribution in [1.29, 1.82) is 0 Å². The minimum absolute atomic E-state index is 0.157. The third kappa shape index (κ3) is 4.64. The van der Waals surface area contributed by atoms with Crippen molar-refractivity contribution in [3.05, 3.63) is 33.5 Å². The summed E-state index contributed by atoms with van der Waals surface area (Å²) in [5.41, 5.74) is 1.52. The van der Waals surface area contributed by atoms with E-state index >= 15 is 0 Å². The van der Waals surface area contributed by atoms with Crippen LogP contribution in [0.3, 0.4) is 0 Å². The third-order valence-corrected chi connectivity index (χ3v) is 10.6. The Bertz CT molecular complexity index is 1080. The van der Waals surface area contributed by atoms with Gasteiger partial charge in [-0.15, -0.1) is 22.7 Å². The molecular weight excluding hydrogens is 468 g/mol. The van der Waals surface area contributed by atoms with Gasteiger partial charge in [-0.2, -0.15) is 4.31 Å². The number of sulfonamides is 1. The standard InChI is InChI=1S/C22H28N2O5S3/c1-3-29-22(26)19-16-7-6-14(2)13-17(16)31-21(19)23-20(25)15-8-10-24(11-9-15)32(27,28)18-5-4-12-30-18/h4-5,12,14-15H,3,6-11,13H2,1-2H3,(H,23,25). The quantitative estimate of drug-likeness (QED) is 0.607. The second kappa shape index (κ2) is 9.62. The molecule has 0 radical (unpaired) electrons. The summed E-state index contributed by atoms with van der Waals surface area (Å²) in [6.45, 7) is 4.87. The smallest absolute Gasteiger partial charge is 0.341 e. The van der Waals surface area contributed by atoms with Crippen LogP contribution in [0.4, 0.5) is 5.00 Å². The van der Waals surface area contributed by atoms with E-state index in [2.05, 4.69) is 12.2 Å². The largest absolute Gasteiger partial charge is 0.462 e. The minimum atomic E-state index is -3.50. The first-order valence-electron chi connectivity index (χ1n) is 11.0. The Morgan fingerprint density at radius 3 is 2.66 bits per heavy atom. The fourth-order valence-electron chi connectivity index (χ4n) is 4.37. The van der Waals surface area contributed by atoms with Gasteiger partial charge in [-0.25, -0.2) is 13.2 Å². The van der Waals surface area contributed by atoms with Crippen LogP contribution in [0, 0.1) is 11.8 Å². The summed E-state index contributed by atoms with van der Waals surface area (Å²) in [5.74, 6) is -0.283. The van der Waals surface area contributed by atoms with E-state index in [4.69, 9.17) is 4.74 Å². The Kier molecular flexibility index (Phi) is 7.04. The molecule has 1 fully saturated rings. The number of hydrogen-bond acceptors (Lipinski definition) is 7. The molecule has 1 aliphatic heterocycles. The van der Waals surface area contributed by atoms with Crippen LogP contribution < -0.4 is 5.32 Å². The molecule has 0 saturated carbocycles. The molecule has 3 heterocycles. The van der Waals surface area contributed by atoms with E-state index < -0.39 is 10.0 Å². The zero-order valence-corrected chi connectivity index (χ0v) is 20.7. The van der Waals surface area contributed by atoms with Crippen molar-refractivity contribution >= 4 is 49.6 Å². The normalized spacial score (nSPS) is 20.0. The summed E-state index contributed by atoms with van der Waals surface area (Å²) in [4.78, 5) is 26.9. The highest BCUT2D eigenvalue weighted by molar-refractivity contribution is 7.91. The van der Waals surface area contributed by atoms with Crippen LogP contribution in [0.15, 0.2) is 21.7 Å². The zero-order chi connectivity index (χ0) is 22.9. The summed E-state index contributed by atoms with van der Waals surface area (Å²) in [7, 11) is -3.50. The van der Waals surface area contributed by atoms with Gasteiger partial charge in [0.05, 0.1) is 12.2 Å². The van der Waals surface area contributed by atoms with Gasteiger partial charge in [-0.1, -0.05) is 13.0 Å². The Balaban J connectivity index is 1.46. The SMILES string of the molecule is CCOC(=O)c1c(NC(=O)C2CCN(S(=O)(=O)c3cccs3)CC2)sc2c1CCC(C)C2. The molecule has 32 heavy (non-hydrogen) atoms. The van der Waals surface area contributed by atoms with Gasteiger partial charge in [-0.3, -0.25) is 4.79 Å². The van der Waals surface area contributed by atoms with Crippen molar-refractivity contribution in [2.45, 2.75) is 50.2 Å². The van der Waals surface area contributed by atoms with Gasteiger partial charge in [0.25, 0.3) is 10.0 Å². The van der Waals surface area contributed by atoms with E-state index in [1.54, 1.807) is 24.4 Å². The number of ether oxygens (including phenoxy) is 1. The van der Waals surface area contributed by atoms with Gasteiger partial charge in [-0.05, 0) is 62.0 Å². The highest BCUT2D eigenvalue weighted by Gasteiger charge is 2.34. The van der Waals surface area contributed by atoms with Gasteiger partial charge < -0.3 is 10.1 Å². The van der Waals surface area contributed by atoms with E-state index in [0.717, 1.165) is 29.7 Å². The molecule has 0 spiro atoms. The highest BCUT2D eigenvalue weighted by atomic mass is 32.2. The fourth-order valence-corrected chi connectivity index (χ4v) is 8.38. The molecule has 7 nitrogen and oxygen atoms in total. The number of nitrogens with zero attached hydrogens (tertiary/aromatic N) is 1. The van der Waals surface area contributed by atoms with E-state index in [-0.39, 0.29) is 24.4 Å². The minimum Gasteiger partial charge on any atom is -0.462 e. The Hall–Kier alpha value is -1.75. The number of anilines is 1. The average molecular weight is 497 g/mol. The van der Waals surface area contributed by atoms with Gasteiger partial charge >= 0.3 is 5.97 Å². The molecule has 1 unspecified atom stereocenters. The van der Waals surface area contributed by atoms with Crippen molar-refractivity contribution < 1.29 is 22.7 Å². The lowest BCUT2D eigenvalue weighted by Crippen LogP contribution is -2.41. The van der Waals surface area contributed by atoms with Crippen molar-refractivity contribution in [3.63, 3.8) is 0 Å². The highest BCUT2D eigenvalue weighted by Crippen LogP contribution is 2.40. The maximum atomic E-state index is 13.0. The number of piperidine rings is 1. The molecule has 1 N–H and O–H groups in total. The van der Waals surface area contributed by atoms with Gasteiger partial charge in [0.2, 0.25) is 5.91 Å². The first-order valence-corrected chi connectivity index (χ1v) is 14.1. The van der Waals surface area contributed by atoms with Gasteiger partial charge in [0.15, 0.2) is 0 Å². The molecule has 1 atom stereocenters. The van der Waals surface area contributed by atoms with Crippen LogP contribution in [0.25, 0.3) is 0 Å². The van der Waals surface area contributed by atoms with Crippen LogP contribution in [0.5, 0.6) is 0 Å². The van der Waals surface area contributed by atoms with E-state index in [1.165, 1.54) is 27.0 Å². The molecular formula is C22H28N2O5S3. The summed E-state index contributed by atoms with van der Waals surface area (Å²) in [5, 5.41) is 5.30. The maximum Gasteiger partial charge on any atom is 0.341 e. The molecule has 2 aromatic rings. The summed E-state index contributed by atoms with van der Waals surface area (Å²) < 4.78 is 32.5. The number of fused-ring (bicyclic) bond motifs is 1. The number of hydrogen-bond donors (Lipinski definition) is 1. The molecule has 2 aromatic heterocycles. The third-order valence-electron chi connectivity index (χ3n) is 6.14. The molecule has 0 bridgehead atoms. The Morgan fingerprint density at radius 1 is 1.25 bits per heavy atom. The van der Waals surface area contributed by atoms with E-state index in [9.17, 15) is 18.0 Å². The molecule has 1 amide bonds. The van der Waals surface area contributed by atoms with Crippen molar-refractivity contribution in [3.8, 4) is 0 Å². The molecule has 174 valence electrons. The Morgan fingerprint density at radius 2 is 2.00 bits per heavy atom. The van der Waals surface area contributed by atoms with E-state index in [1.807, 2.05) is 0 Å². The van der Waals surface area contributed by atoms with Crippen LogP contribution in [0.2, 0.25) is 0 Å². The molecule has 2 aliphatic rings. The number of nitrogens with one attached hydrogen (secondary N) is 1. The second-order valence-electron chi connectivity index (χ2n) is 8.38. The zero-order valence-electron chi connectivity index (χ0n) is 18.3. The summed E-state index contributed by atoms with van der Waals surface area (Å²) >= 11 is 2.68. The lowest BCUT2D eigenvalue weighted by molar-refractivity contribution is -0.120. The number of rotatable bonds is 6. The van der Waals surface area contributed by atoms with Crippen LogP contribution >= 0.6 is 22.7 Å². The van der Waals surface area contributed by atoms with Gasteiger partial charge in [0.1, 0.15) is 9.21 Å². The number of thiophene rings is 2. The predicted molar refractivity (Wildman–Crippen MR) is 126 cm³/mol. The summed E-state index contributed by atoms with van der Waals surface area (Å²) in [6, 6.07) is 3.33. The average Bonchev–Trinajstić information content (AvgIpc) is 3.42. The maximum absolute atomic E-state index is 13.0. The number of carbonyl (C=O) groups excluding carboxylic acids is 2. The molecule has 1 saturated heterocycles. The molecule has 10 heteroatoms. The van der Waals surface area contributed by atoms with Crippen molar-refractivity contribution in [2.24, 2.45) is 11.8 Å². The van der Waals surface area contributed by atoms with Crippen molar-refractivity contribution in [2.75, 3.05) is 25.0 Å². The summed E-state index contributed by atoms with van der Waals surface area (Å²) in [6.07, 6.45) is 3.64.